The van der Waals surface area contributed by atoms with Crippen LogP contribution in [0.15, 0.2) is 30.6 Å². The summed E-state index contributed by atoms with van der Waals surface area (Å²) < 4.78 is 1.90. The van der Waals surface area contributed by atoms with Crippen molar-refractivity contribution >= 4 is 5.91 Å². The van der Waals surface area contributed by atoms with Gasteiger partial charge in [-0.15, -0.1) is 0 Å². The van der Waals surface area contributed by atoms with E-state index >= 15 is 0 Å². The van der Waals surface area contributed by atoms with Crippen molar-refractivity contribution in [1.29, 1.82) is 0 Å². The molecule has 140 valence electrons. The first-order valence-electron chi connectivity index (χ1n) is 9.25. The summed E-state index contributed by atoms with van der Waals surface area (Å²) in [6, 6.07) is 5.73. The van der Waals surface area contributed by atoms with Crippen LogP contribution < -0.4 is 0 Å². The zero-order chi connectivity index (χ0) is 18.8. The van der Waals surface area contributed by atoms with Crippen molar-refractivity contribution in [3.63, 3.8) is 0 Å². The number of rotatable bonds is 5. The van der Waals surface area contributed by atoms with Gasteiger partial charge in [0.25, 0.3) is 0 Å². The van der Waals surface area contributed by atoms with Crippen LogP contribution in [0.1, 0.15) is 42.5 Å². The largest absolute Gasteiger partial charge is 0.332 e. The topological polar surface area (TPSA) is 92.6 Å². The molecule has 8 nitrogen and oxygen atoms in total. The Morgan fingerprint density at radius 1 is 1.30 bits per heavy atom. The van der Waals surface area contributed by atoms with Crippen LogP contribution >= 0.6 is 0 Å². The van der Waals surface area contributed by atoms with E-state index in [1.807, 2.05) is 41.6 Å². The smallest absolute Gasteiger partial charge is 0.225 e. The minimum absolute atomic E-state index is 0.0407. The number of pyridine rings is 1. The number of likely N-dealkylation sites (tertiary alicyclic amines) is 1. The average Bonchev–Trinajstić information content (AvgIpc) is 3.40. The van der Waals surface area contributed by atoms with Crippen LogP contribution in [-0.4, -0.2) is 47.3 Å². The lowest BCUT2D eigenvalue weighted by Gasteiger charge is -2.23. The molecule has 1 aliphatic rings. The lowest BCUT2D eigenvalue weighted by molar-refractivity contribution is -0.132. The number of hydrogen-bond donors (Lipinski definition) is 1. The highest BCUT2D eigenvalue weighted by molar-refractivity contribution is 5.76. The van der Waals surface area contributed by atoms with Gasteiger partial charge >= 0.3 is 0 Å². The lowest BCUT2D eigenvalue weighted by atomic mass is 10.2. The van der Waals surface area contributed by atoms with E-state index in [0.29, 0.717) is 18.8 Å². The molecule has 1 fully saturated rings. The van der Waals surface area contributed by atoms with Gasteiger partial charge in [0, 0.05) is 43.2 Å². The molecular formula is C19H23N7O. The lowest BCUT2D eigenvalue weighted by Crippen LogP contribution is -2.31. The van der Waals surface area contributed by atoms with Gasteiger partial charge < -0.3 is 4.90 Å². The fraction of sp³-hybridized carbons (Fsp3) is 0.421. The Morgan fingerprint density at radius 2 is 2.11 bits per heavy atom. The number of H-pyrrole nitrogens is 1. The molecule has 27 heavy (non-hydrogen) atoms. The molecule has 1 aliphatic heterocycles. The highest BCUT2D eigenvalue weighted by Gasteiger charge is 2.32. The summed E-state index contributed by atoms with van der Waals surface area (Å²) in [5.41, 5.74) is 2.97. The molecule has 0 saturated carbocycles. The minimum atomic E-state index is -0.0407. The second-order valence-corrected chi connectivity index (χ2v) is 6.93. The van der Waals surface area contributed by atoms with Gasteiger partial charge in [0.2, 0.25) is 5.91 Å². The van der Waals surface area contributed by atoms with Gasteiger partial charge in [-0.1, -0.05) is 0 Å². The van der Waals surface area contributed by atoms with E-state index in [-0.39, 0.29) is 11.9 Å². The zero-order valence-electron chi connectivity index (χ0n) is 15.6. The Hall–Kier alpha value is -3.03. The predicted octanol–water partition coefficient (Wildman–Crippen LogP) is 2.43. The van der Waals surface area contributed by atoms with Gasteiger partial charge in [-0.05, 0) is 44.9 Å². The first kappa shape index (κ1) is 17.4. The number of carbonyl (C=O) groups excluding carboxylic acids is 1. The van der Waals surface area contributed by atoms with Crippen LogP contribution in [0.3, 0.4) is 0 Å². The number of hydrogen-bond acceptors (Lipinski definition) is 5. The number of amides is 1. The fourth-order valence-corrected chi connectivity index (χ4v) is 3.65. The Bertz CT molecular complexity index is 931. The van der Waals surface area contributed by atoms with Gasteiger partial charge in [-0.25, -0.2) is 4.98 Å². The van der Waals surface area contributed by atoms with E-state index in [2.05, 4.69) is 25.3 Å². The van der Waals surface area contributed by atoms with Crippen molar-refractivity contribution in [1.82, 2.24) is 34.8 Å². The number of aromatic amines is 1. The maximum absolute atomic E-state index is 12.8. The molecule has 1 unspecified atom stereocenters. The van der Waals surface area contributed by atoms with E-state index in [1.54, 1.807) is 12.4 Å². The van der Waals surface area contributed by atoms with Crippen molar-refractivity contribution in [2.75, 3.05) is 6.54 Å². The molecular weight excluding hydrogens is 342 g/mol. The molecule has 4 rings (SSSR count). The quantitative estimate of drug-likeness (QED) is 0.750. The summed E-state index contributed by atoms with van der Waals surface area (Å²) in [4.78, 5) is 23.4. The summed E-state index contributed by atoms with van der Waals surface area (Å²) in [7, 11) is 0. The zero-order valence-corrected chi connectivity index (χ0v) is 15.6. The number of aromatic nitrogens is 6. The monoisotopic (exact) mass is 365 g/mol. The molecule has 1 saturated heterocycles. The fourth-order valence-electron chi connectivity index (χ4n) is 3.65. The third kappa shape index (κ3) is 3.60. The molecule has 3 aromatic heterocycles. The number of carbonyl (C=O) groups is 1. The summed E-state index contributed by atoms with van der Waals surface area (Å²) in [5.74, 6) is 1.51. The first-order valence-corrected chi connectivity index (χ1v) is 9.25. The van der Waals surface area contributed by atoms with Crippen molar-refractivity contribution in [2.45, 2.75) is 45.7 Å². The number of nitrogens with zero attached hydrogens (tertiary/aromatic N) is 6. The van der Waals surface area contributed by atoms with Crippen molar-refractivity contribution in [3.05, 3.63) is 47.8 Å². The van der Waals surface area contributed by atoms with Gasteiger partial charge in [0.15, 0.2) is 5.82 Å². The number of nitrogens with one attached hydrogen (secondary N) is 1. The van der Waals surface area contributed by atoms with Crippen LogP contribution in [0.5, 0.6) is 0 Å². The molecule has 1 atom stereocenters. The summed E-state index contributed by atoms with van der Waals surface area (Å²) in [6.45, 7) is 5.33. The van der Waals surface area contributed by atoms with Crippen molar-refractivity contribution in [2.24, 2.45) is 0 Å². The van der Waals surface area contributed by atoms with Crippen molar-refractivity contribution < 1.29 is 4.79 Å². The summed E-state index contributed by atoms with van der Waals surface area (Å²) >= 11 is 0. The first-order chi connectivity index (χ1) is 13.1. The molecule has 4 heterocycles. The normalized spacial score (nSPS) is 16.8. The van der Waals surface area contributed by atoms with Crippen LogP contribution in [0.25, 0.3) is 11.4 Å². The minimum Gasteiger partial charge on any atom is -0.332 e. The van der Waals surface area contributed by atoms with E-state index in [9.17, 15) is 4.79 Å². The van der Waals surface area contributed by atoms with Crippen LogP contribution in [0.2, 0.25) is 0 Å². The number of aryl methyl sites for hydroxylation is 3. The predicted molar refractivity (Wildman–Crippen MR) is 99.6 cm³/mol. The van der Waals surface area contributed by atoms with E-state index in [4.69, 9.17) is 0 Å². The molecule has 0 aliphatic carbocycles. The molecule has 8 heteroatoms. The van der Waals surface area contributed by atoms with E-state index < -0.39 is 0 Å². The second kappa shape index (κ2) is 7.30. The Labute approximate surface area is 157 Å². The molecule has 0 spiro atoms. The maximum atomic E-state index is 12.8. The van der Waals surface area contributed by atoms with Crippen LogP contribution in [0, 0.1) is 13.8 Å². The summed E-state index contributed by atoms with van der Waals surface area (Å²) in [5, 5.41) is 11.8. The summed E-state index contributed by atoms with van der Waals surface area (Å²) in [6.07, 6.45) is 5.74. The Morgan fingerprint density at radius 3 is 2.85 bits per heavy atom. The molecule has 3 aromatic rings. The second-order valence-electron chi connectivity index (χ2n) is 6.93. The third-order valence-electron chi connectivity index (χ3n) is 4.97. The average molecular weight is 365 g/mol. The molecule has 1 N–H and O–H groups in total. The third-order valence-corrected chi connectivity index (χ3v) is 4.97. The van der Waals surface area contributed by atoms with Gasteiger partial charge in [-0.3, -0.25) is 19.6 Å². The maximum Gasteiger partial charge on any atom is 0.225 e. The molecule has 1 amide bonds. The SMILES string of the molecule is Cc1cc(C)n(CCC(=O)N2CCCC2c2nc(-c3ccncc3)n[nH]2)n1. The molecule has 0 aromatic carbocycles. The Kier molecular flexibility index (Phi) is 4.70. The van der Waals surface area contributed by atoms with E-state index in [0.717, 1.165) is 42.2 Å². The highest BCUT2D eigenvalue weighted by Crippen LogP contribution is 2.31. The van der Waals surface area contributed by atoms with Gasteiger partial charge in [0.1, 0.15) is 5.82 Å². The molecule has 0 bridgehead atoms. The molecule has 0 radical (unpaired) electrons. The van der Waals surface area contributed by atoms with Gasteiger partial charge in [0.05, 0.1) is 11.7 Å². The van der Waals surface area contributed by atoms with Crippen LogP contribution in [0.4, 0.5) is 0 Å². The van der Waals surface area contributed by atoms with Crippen LogP contribution in [-0.2, 0) is 11.3 Å². The van der Waals surface area contributed by atoms with E-state index in [1.165, 1.54) is 0 Å². The standard InChI is InChI=1S/C19H23N7O/c1-13-12-14(2)26(24-13)11-7-17(27)25-10-3-4-16(25)19-21-18(22-23-19)15-5-8-20-9-6-15/h5-6,8-9,12,16H,3-4,7,10-11H2,1-2H3,(H,21,22,23). The van der Waals surface area contributed by atoms with Crippen molar-refractivity contribution in [3.8, 4) is 11.4 Å². The van der Waals surface area contributed by atoms with Gasteiger partial charge in [-0.2, -0.15) is 10.2 Å². The highest BCUT2D eigenvalue weighted by atomic mass is 16.2. The Balaban J connectivity index is 1.45.